The van der Waals surface area contributed by atoms with Crippen molar-refractivity contribution in [2.45, 2.75) is 18.9 Å². The van der Waals surface area contributed by atoms with Crippen LogP contribution in [0.25, 0.3) is 0 Å². The summed E-state index contributed by atoms with van der Waals surface area (Å²) in [6.07, 6.45) is 2.49. The number of sulfonamides is 1. The largest absolute Gasteiger partial charge is 0.378 e. The number of carbonyl (C=O) groups is 1. The van der Waals surface area contributed by atoms with Crippen LogP contribution >= 0.6 is 0 Å². The number of rotatable bonds is 4. The monoisotopic (exact) mass is 343 g/mol. The molecule has 0 spiro atoms. The summed E-state index contributed by atoms with van der Waals surface area (Å²) < 4.78 is 38.6. The highest BCUT2D eigenvalue weighted by molar-refractivity contribution is 7.88. The van der Waals surface area contributed by atoms with E-state index in [1.165, 1.54) is 16.4 Å². The SMILES string of the molecule is CN(C)c1ccc(C(=O)NC2CCCN(S(C)(=O)=O)C2)c(F)c1. The Morgan fingerprint density at radius 1 is 1.39 bits per heavy atom. The second kappa shape index (κ2) is 6.84. The maximum Gasteiger partial charge on any atom is 0.254 e. The standard InChI is InChI=1S/C15H22FN3O3S/c1-18(2)12-6-7-13(14(16)9-12)15(20)17-11-5-4-8-19(10-11)23(3,21)22/h6-7,9,11H,4-5,8,10H2,1-3H3,(H,17,20). The van der Waals surface area contributed by atoms with Gasteiger partial charge >= 0.3 is 0 Å². The van der Waals surface area contributed by atoms with Crippen LogP contribution in [0.5, 0.6) is 0 Å². The number of anilines is 1. The molecular formula is C15H22FN3O3S. The van der Waals surface area contributed by atoms with Gasteiger partial charge in [-0.25, -0.2) is 17.1 Å². The van der Waals surface area contributed by atoms with Crippen LogP contribution in [0, 0.1) is 5.82 Å². The first-order chi connectivity index (χ1) is 10.7. The molecule has 0 aromatic heterocycles. The summed E-state index contributed by atoms with van der Waals surface area (Å²) in [5.74, 6) is -1.11. The summed E-state index contributed by atoms with van der Waals surface area (Å²) in [4.78, 5) is 14.0. The molecule has 1 aromatic rings. The molecule has 0 bridgehead atoms. The van der Waals surface area contributed by atoms with Crippen molar-refractivity contribution in [2.24, 2.45) is 0 Å². The fourth-order valence-electron chi connectivity index (χ4n) is 2.59. The molecule has 2 rings (SSSR count). The fourth-order valence-corrected chi connectivity index (χ4v) is 3.50. The van der Waals surface area contributed by atoms with Crippen LogP contribution in [0.2, 0.25) is 0 Å². The van der Waals surface area contributed by atoms with E-state index in [1.54, 1.807) is 25.1 Å². The third-order valence-corrected chi connectivity index (χ3v) is 5.17. The predicted molar refractivity (Wildman–Crippen MR) is 87.6 cm³/mol. The van der Waals surface area contributed by atoms with E-state index < -0.39 is 21.7 Å². The molecule has 0 radical (unpaired) electrons. The molecule has 1 heterocycles. The molecule has 0 aliphatic carbocycles. The first-order valence-electron chi connectivity index (χ1n) is 7.41. The van der Waals surface area contributed by atoms with Crippen LogP contribution in [0.1, 0.15) is 23.2 Å². The van der Waals surface area contributed by atoms with Gasteiger partial charge in [0.2, 0.25) is 10.0 Å². The van der Waals surface area contributed by atoms with Crippen LogP contribution in [-0.4, -0.2) is 58.1 Å². The average molecular weight is 343 g/mol. The van der Waals surface area contributed by atoms with Crippen LogP contribution in [0.15, 0.2) is 18.2 Å². The molecule has 1 unspecified atom stereocenters. The van der Waals surface area contributed by atoms with Gasteiger partial charge in [0.25, 0.3) is 5.91 Å². The zero-order valence-corrected chi connectivity index (χ0v) is 14.4. The van der Waals surface area contributed by atoms with Crippen molar-refractivity contribution in [2.75, 3.05) is 38.3 Å². The summed E-state index contributed by atoms with van der Waals surface area (Å²) in [5, 5.41) is 2.73. The van der Waals surface area contributed by atoms with Gasteiger partial charge in [-0.1, -0.05) is 0 Å². The topological polar surface area (TPSA) is 69.7 Å². The molecule has 1 atom stereocenters. The molecule has 1 aromatic carbocycles. The van der Waals surface area contributed by atoms with Gasteiger partial charge < -0.3 is 10.2 Å². The Hall–Kier alpha value is -1.67. The molecule has 0 saturated carbocycles. The lowest BCUT2D eigenvalue weighted by Gasteiger charge is -2.31. The second-order valence-corrected chi connectivity index (χ2v) is 7.97. The van der Waals surface area contributed by atoms with Crippen molar-refractivity contribution in [3.05, 3.63) is 29.6 Å². The summed E-state index contributed by atoms with van der Waals surface area (Å²) in [7, 11) is 0.296. The first-order valence-corrected chi connectivity index (χ1v) is 9.26. The van der Waals surface area contributed by atoms with Crippen molar-refractivity contribution < 1.29 is 17.6 Å². The minimum Gasteiger partial charge on any atom is -0.378 e. The molecule has 6 nitrogen and oxygen atoms in total. The molecule has 1 amide bonds. The highest BCUT2D eigenvalue weighted by Crippen LogP contribution is 2.18. The Kier molecular flexibility index (Phi) is 5.26. The highest BCUT2D eigenvalue weighted by Gasteiger charge is 2.27. The summed E-state index contributed by atoms with van der Waals surface area (Å²) in [6, 6.07) is 4.11. The quantitative estimate of drug-likeness (QED) is 0.887. The smallest absolute Gasteiger partial charge is 0.254 e. The maximum absolute atomic E-state index is 14.1. The highest BCUT2D eigenvalue weighted by atomic mass is 32.2. The third kappa shape index (κ3) is 4.42. The number of piperidine rings is 1. The van der Waals surface area contributed by atoms with E-state index in [-0.39, 0.29) is 18.2 Å². The fraction of sp³-hybridized carbons (Fsp3) is 0.533. The molecule has 1 fully saturated rings. The molecule has 23 heavy (non-hydrogen) atoms. The van der Waals surface area contributed by atoms with Crippen LogP contribution < -0.4 is 10.2 Å². The summed E-state index contributed by atoms with van der Waals surface area (Å²) in [6.45, 7) is 0.680. The third-order valence-electron chi connectivity index (χ3n) is 3.90. The van der Waals surface area contributed by atoms with Crippen molar-refractivity contribution in [1.82, 2.24) is 9.62 Å². The Morgan fingerprint density at radius 2 is 2.09 bits per heavy atom. The van der Waals surface area contributed by atoms with Crippen LogP contribution in [0.4, 0.5) is 10.1 Å². The van der Waals surface area contributed by atoms with Crippen molar-refractivity contribution in [1.29, 1.82) is 0 Å². The van der Waals surface area contributed by atoms with Gasteiger partial charge in [-0.2, -0.15) is 0 Å². The normalized spacial score (nSPS) is 19.4. The predicted octanol–water partition coefficient (Wildman–Crippen LogP) is 1.05. The van der Waals surface area contributed by atoms with E-state index in [4.69, 9.17) is 0 Å². The minimum absolute atomic E-state index is 0.0351. The zero-order valence-electron chi connectivity index (χ0n) is 13.5. The van der Waals surface area contributed by atoms with E-state index in [2.05, 4.69) is 5.32 Å². The van der Waals surface area contributed by atoms with Gasteiger partial charge in [0, 0.05) is 38.9 Å². The number of hydrogen-bond donors (Lipinski definition) is 1. The van der Waals surface area contributed by atoms with Gasteiger partial charge in [-0.3, -0.25) is 4.79 Å². The number of nitrogens with zero attached hydrogens (tertiary/aromatic N) is 2. The molecule has 8 heteroatoms. The summed E-state index contributed by atoms with van der Waals surface area (Å²) >= 11 is 0. The molecule has 1 saturated heterocycles. The number of carbonyl (C=O) groups excluding carboxylic acids is 1. The van der Waals surface area contributed by atoms with Crippen molar-refractivity contribution >= 4 is 21.6 Å². The Morgan fingerprint density at radius 3 is 2.65 bits per heavy atom. The number of benzene rings is 1. The van der Waals surface area contributed by atoms with Gasteiger partial charge in [-0.15, -0.1) is 0 Å². The minimum atomic E-state index is -3.28. The number of halogens is 1. The number of hydrogen-bond acceptors (Lipinski definition) is 4. The van der Waals surface area contributed by atoms with E-state index in [9.17, 15) is 17.6 Å². The number of nitrogens with one attached hydrogen (secondary N) is 1. The van der Waals surface area contributed by atoms with Crippen LogP contribution in [0.3, 0.4) is 0 Å². The molecular weight excluding hydrogens is 321 g/mol. The van der Waals surface area contributed by atoms with E-state index in [0.29, 0.717) is 25.1 Å². The van der Waals surface area contributed by atoms with E-state index >= 15 is 0 Å². The van der Waals surface area contributed by atoms with E-state index in [1.807, 2.05) is 0 Å². The van der Waals surface area contributed by atoms with Gasteiger partial charge in [-0.05, 0) is 31.0 Å². The van der Waals surface area contributed by atoms with Crippen molar-refractivity contribution in [3.8, 4) is 0 Å². The second-order valence-electron chi connectivity index (χ2n) is 5.99. The van der Waals surface area contributed by atoms with Gasteiger partial charge in [0.15, 0.2) is 0 Å². The summed E-state index contributed by atoms with van der Waals surface area (Å²) in [5.41, 5.74) is 0.632. The maximum atomic E-state index is 14.1. The Balaban J connectivity index is 2.07. The van der Waals surface area contributed by atoms with Gasteiger partial charge in [0.05, 0.1) is 11.8 Å². The molecule has 128 valence electrons. The zero-order chi connectivity index (χ0) is 17.2. The van der Waals surface area contributed by atoms with Gasteiger partial charge in [0.1, 0.15) is 5.82 Å². The Bertz CT molecular complexity index is 691. The lowest BCUT2D eigenvalue weighted by Crippen LogP contribution is -2.49. The van der Waals surface area contributed by atoms with Crippen molar-refractivity contribution in [3.63, 3.8) is 0 Å². The van der Waals surface area contributed by atoms with E-state index in [0.717, 1.165) is 6.26 Å². The van der Waals surface area contributed by atoms with Crippen LogP contribution in [-0.2, 0) is 10.0 Å². The number of amides is 1. The Labute approximate surface area is 136 Å². The molecule has 1 aliphatic rings. The lowest BCUT2D eigenvalue weighted by atomic mass is 10.1. The molecule has 1 aliphatic heterocycles. The lowest BCUT2D eigenvalue weighted by molar-refractivity contribution is 0.0917. The first kappa shape index (κ1) is 17.7. The molecule has 1 N–H and O–H groups in total. The average Bonchev–Trinajstić information content (AvgIpc) is 2.46.